The van der Waals surface area contributed by atoms with Crippen LogP contribution in [0.3, 0.4) is 0 Å². The molecule has 1 fully saturated rings. The average Bonchev–Trinajstić information content (AvgIpc) is 2.77. The first kappa shape index (κ1) is 12.1. The third-order valence-electron chi connectivity index (χ3n) is 3.28. The molecule has 16 heavy (non-hydrogen) atoms. The van der Waals surface area contributed by atoms with Crippen molar-refractivity contribution in [3.05, 3.63) is 21.9 Å². The van der Waals surface area contributed by atoms with Crippen molar-refractivity contribution in [2.45, 2.75) is 57.7 Å². The van der Waals surface area contributed by atoms with Crippen LogP contribution >= 0.6 is 11.3 Å². The van der Waals surface area contributed by atoms with E-state index in [2.05, 4.69) is 31.3 Å². The Bertz CT molecular complexity index is 336. The van der Waals surface area contributed by atoms with E-state index >= 15 is 0 Å². The van der Waals surface area contributed by atoms with Crippen LogP contribution < -0.4 is 5.32 Å². The average molecular weight is 239 g/mol. The van der Waals surface area contributed by atoms with Gasteiger partial charge < -0.3 is 10.4 Å². The van der Waals surface area contributed by atoms with Crippen LogP contribution in [0.4, 0.5) is 0 Å². The van der Waals surface area contributed by atoms with Crippen molar-refractivity contribution >= 4 is 11.3 Å². The van der Waals surface area contributed by atoms with Crippen molar-refractivity contribution in [1.29, 1.82) is 0 Å². The van der Waals surface area contributed by atoms with Gasteiger partial charge in [-0.05, 0) is 51.7 Å². The molecule has 90 valence electrons. The Morgan fingerprint density at radius 3 is 2.88 bits per heavy atom. The number of thiophene rings is 1. The Balaban J connectivity index is 1.82. The maximum Gasteiger partial charge on any atom is 0.0693 e. The molecule has 3 unspecified atom stereocenters. The predicted octanol–water partition coefficient (Wildman–Crippen LogP) is 2.49. The third kappa shape index (κ3) is 3.06. The lowest BCUT2D eigenvalue weighted by Crippen LogP contribution is -2.42. The van der Waals surface area contributed by atoms with Gasteiger partial charge in [-0.3, -0.25) is 0 Å². The van der Waals surface area contributed by atoms with Crippen LogP contribution in [0.15, 0.2) is 12.1 Å². The van der Waals surface area contributed by atoms with Gasteiger partial charge in [0.1, 0.15) is 0 Å². The third-order valence-corrected chi connectivity index (χ3v) is 4.30. The molecule has 2 nitrogen and oxygen atoms in total. The standard InChI is InChI=1S/C13H21NOS/c1-9(8-11-7-6-10(2)16-11)14-12-4-3-5-13(12)15/h6-7,9,12-15H,3-5,8H2,1-2H3. The van der Waals surface area contributed by atoms with E-state index < -0.39 is 0 Å². The van der Waals surface area contributed by atoms with Crippen molar-refractivity contribution in [2.24, 2.45) is 0 Å². The molecule has 2 rings (SSSR count). The predicted molar refractivity (Wildman–Crippen MR) is 69.0 cm³/mol. The van der Waals surface area contributed by atoms with Crippen LogP contribution in [-0.2, 0) is 6.42 Å². The summed E-state index contributed by atoms with van der Waals surface area (Å²) in [5.41, 5.74) is 0. The maximum atomic E-state index is 9.75. The van der Waals surface area contributed by atoms with Gasteiger partial charge in [0.2, 0.25) is 0 Å². The normalized spacial score (nSPS) is 27.2. The van der Waals surface area contributed by atoms with Crippen LogP contribution in [0.1, 0.15) is 35.9 Å². The number of aliphatic hydroxyl groups is 1. The van der Waals surface area contributed by atoms with Gasteiger partial charge in [0.25, 0.3) is 0 Å². The molecular weight excluding hydrogens is 218 g/mol. The minimum Gasteiger partial charge on any atom is -0.392 e. The molecule has 0 amide bonds. The molecule has 1 aromatic rings. The number of hydrogen-bond donors (Lipinski definition) is 2. The maximum absolute atomic E-state index is 9.75. The van der Waals surface area contributed by atoms with Gasteiger partial charge in [-0.1, -0.05) is 0 Å². The zero-order valence-corrected chi connectivity index (χ0v) is 10.9. The summed E-state index contributed by atoms with van der Waals surface area (Å²) in [7, 11) is 0. The number of aryl methyl sites for hydroxylation is 1. The Labute approximate surface area is 102 Å². The van der Waals surface area contributed by atoms with Crippen molar-refractivity contribution in [3.63, 3.8) is 0 Å². The van der Waals surface area contributed by atoms with E-state index in [0.717, 1.165) is 25.7 Å². The van der Waals surface area contributed by atoms with E-state index in [1.807, 2.05) is 11.3 Å². The summed E-state index contributed by atoms with van der Waals surface area (Å²) < 4.78 is 0. The fourth-order valence-corrected chi connectivity index (χ4v) is 3.47. The van der Waals surface area contributed by atoms with Gasteiger partial charge in [-0.15, -0.1) is 11.3 Å². The number of rotatable bonds is 4. The Morgan fingerprint density at radius 2 is 2.31 bits per heavy atom. The van der Waals surface area contributed by atoms with Gasteiger partial charge >= 0.3 is 0 Å². The van der Waals surface area contributed by atoms with E-state index in [1.54, 1.807) is 0 Å². The van der Waals surface area contributed by atoms with Gasteiger partial charge in [-0.2, -0.15) is 0 Å². The van der Waals surface area contributed by atoms with Crippen LogP contribution in [0.25, 0.3) is 0 Å². The number of nitrogens with one attached hydrogen (secondary N) is 1. The fourth-order valence-electron chi connectivity index (χ4n) is 2.46. The van der Waals surface area contributed by atoms with Crippen LogP contribution in [0, 0.1) is 6.92 Å². The lowest BCUT2D eigenvalue weighted by Gasteiger charge is -2.21. The highest BCUT2D eigenvalue weighted by Gasteiger charge is 2.25. The van der Waals surface area contributed by atoms with Gasteiger partial charge in [-0.25, -0.2) is 0 Å². The molecule has 3 heteroatoms. The molecule has 0 aromatic carbocycles. The highest BCUT2D eigenvalue weighted by atomic mass is 32.1. The van der Waals surface area contributed by atoms with Crippen molar-refractivity contribution in [1.82, 2.24) is 5.32 Å². The fraction of sp³-hybridized carbons (Fsp3) is 0.692. The summed E-state index contributed by atoms with van der Waals surface area (Å²) in [6.45, 7) is 4.35. The highest BCUT2D eigenvalue weighted by Crippen LogP contribution is 2.21. The molecule has 0 aliphatic heterocycles. The molecule has 2 N–H and O–H groups in total. The molecule has 0 bridgehead atoms. The van der Waals surface area contributed by atoms with Crippen LogP contribution in [0.2, 0.25) is 0 Å². The second-order valence-electron chi connectivity index (χ2n) is 4.89. The zero-order chi connectivity index (χ0) is 11.5. The molecule has 0 spiro atoms. The summed E-state index contributed by atoms with van der Waals surface area (Å²) in [6, 6.07) is 5.16. The van der Waals surface area contributed by atoms with Crippen molar-refractivity contribution in [3.8, 4) is 0 Å². The summed E-state index contributed by atoms with van der Waals surface area (Å²) in [4.78, 5) is 2.81. The summed E-state index contributed by atoms with van der Waals surface area (Å²) in [5, 5.41) is 13.3. The lowest BCUT2D eigenvalue weighted by atomic mass is 10.1. The molecule has 0 radical (unpaired) electrons. The van der Waals surface area contributed by atoms with E-state index in [4.69, 9.17) is 0 Å². The minimum absolute atomic E-state index is 0.132. The Kier molecular flexibility index (Phi) is 4.00. The lowest BCUT2D eigenvalue weighted by molar-refractivity contribution is 0.144. The largest absolute Gasteiger partial charge is 0.392 e. The molecule has 1 aromatic heterocycles. The smallest absolute Gasteiger partial charge is 0.0693 e. The Hall–Kier alpha value is -0.380. The Morgan fingerprint density at radius 1 is 1.50 bits per heavy atom. The second-order valence-corrected chi connectivity index (χ2v) is 6.26. The van der Waals surface area contributed by atoms with E-state index in [9.17, 15) is 5.11 Å². The van der Waals surface area contributed by atoms with Crippen molar-refractivity contribution in [2.75, 3.05) is 0 Å². The van der Waals surface area contributed by atoms with Crippen LogP contribution in [0.5, 0.6) is 0 Å². The molecule has 1 aliphatic carbocycles. The first-order valence-corrected chi connectivity index (χ1v) is 6.96. The topological polar surface area (TPSA) is 32.3 Å². The number of aliphatic hydroxyl groups excluding tert-OH is 1. The summed E-state index contributed by atoms with van der Waals surface area (Å²) >= 11 is 1.87. The SMILES string of the molecule is Cc1ccc(CC(C)NC2CCCC2O)s1. The first-order chi connectivity index (χ1) is 7.65. The monoisotopic (exact) mass is 239 g/mol. The quantitative estimate of drug-likeness (QED) is 0.846. The molecule has 1 aliphatic rings. The van der Waals surface area contributed by atoms with Crippen LogP contribution in [-0.4, -0.2) is 23.3 Å². The summed E-state index contributed by atoms with van der Waals surface area (Å²) in [5.74, 6) is 0. The van der Waals surface area contributed by atoms with Gasteiger partial charge in [0.15, 0.2) is 0 Å². The minimum atomic E-state index is -0.132. The molecule has 3 atom stereocenters. The zero-order valence-electron chi connectivity index (χ0n) is 10.1. The number of hydrogen-bond acceptors (Lipinski definition) is 3. The molecular formula is C13H21NOS. The summed E-state index contributed by atoms with van der Waals surface area (Å²) in [6.07, 6.45) is 4.18. The first-order valence-electron chi connectivity index (χ1n) is 6.14. The highest BCUT2D eigenvalue weighted by molar-refractivity contribution is 7.11. The molecule has 1 saturated carbocycles. The van der Waals surface area contributed by atoms with Gasteiger partial charge in [0, 0.05) is 21.8 Å². The molecule has 1 heterocycles. The second kappa shape index (κ2) is 5.30. The van der Waals surface area contributed by atoms with Crippen molar-refractivity contribution < 1.29 is 5.11 Å². The van der Waals surface area contributed by atoms with E-state index in [1.165, 1.54) is 9.75 Å². The van der Waals surface area contributed by atoms with E-state index in [0.29, 0.717) is 12.1 Å². The van der Waals surface area contributed by atoms with E-state index in [-0.39, 0.29) is 6.10 Å². The van der Waals surface area contributed by atoms with Gasteiger partial charge in [0.05, 0.1) is 6.10 Å². The molecule has 0 saturated heterocycles.